The molecule has 0 radical (unpaired) electrons. The van der Waals surface area contributed by atoms with E-state index in [0.29, 0.717) is 0 Å². The maximum Gasteiger partial charge on any atom is 0.257 e. The summed E-state index contributed by atoms with van der Waals surface area (Å²) in [6.45, 7) is 7.05. The molecule has 0 bridgehead atoms. The van der Waals surface area contributed by atoms with E-state index in [2.05, 4.69) is 11.9 Å². The SMILES string of the molecule is CCCCCCCCCn1cc(S(N)(=O)=O)nc1C(C)C. The average molecular weight is 315 g/mol. The first-order valence-electron chi connectivity index (χ1n) is 7.96. The van der Waals surface area contributed by atoms with Gasteiger partial charge in [-0.25, -0.2) is 18.5 Å². The molecule has 0 aromatic carbocycles. The predicted molar refractivity (Wildman–Crippen MR) is 85.7 cm³/mol. The first-order valence-corrected chi connectivity index (χ1v) is 9.50. The third kappa shape index (κ3) is 6.18. The van der Waals surface area contributed by atoms with Crippen LogP contribution in [0.25, 0.3) is 0 Å². The van der Waals surface area contributed by atoms with Gasteiger partial charge in [0.2, 0.25) is 0 Å². The molecule has 0 saturated carbocycles. The summed E-state index contributed by atoms with van der Waals surface area (Å²) in [5.74, 6) is 0.982. The molecule has 1 aromatic rings. The minimum atomic E-state index is -3.72. The van der Waals surface area contributed by atoms with Gasteiger partial charge in [0.15, 0.2) is 5.03 Å². The highest BCUT2D eigenvalue weighted by molar-refractivity contribution is 7.89. The number of hydrogen-bond donors (Lipinski definition) is 1. The minimum Gasteiger partial charge on any atom is -0.333 e. The van der Waals surface area contributed by atoms with E-state index in [1.807, 2.05) is 18.4 Å². The van der Waals surface area contributed by atoms with Gasteiger partial charge in [0.25, 0.3) is 10.0 Å². The summed E-state index contributed by atoms with van der Waals surface area (Å²) in [6.07, 6.45) is 10.2. The maximum absolute atomic E-state index is 11.4. The van der Waals surface area contributed by atoms with Gasteiger partial charge in [-0.3, -0.25) is 0 Å². The van der Waals surface area contributed by atoms with Crippen LogP contribution in [-0.2, 0) is 16.6 Å². The van der Waals surface area contributed by atoms with E-state index in [0.717, 1.165) is 18.8 Å². The van der Waals surface area contributed by atoms with E-state index in [9.17, 15) is 8.42 Å². The predicted octanol–water partition coefficient (Wildman–Crippen LogP) is 3.40. The summed E-state index contributed by atoms with van der Waals surface area (Å²) in [6, 6.07) is 0. The summed E-state index contributed by atoms with van der Waals surface area (Å²) in [5, 5.41) is 5.14. The Labute approximate surface area is 129 Å². The van der Waals surface area contributed by atoms with Gasteiger partial charge in [0.1, 0.15) is 5.82 Å². The van der Waals surface area contributed by atoms with E-state index >= 15 is 0 Å². The quantitative estimate of drug-likeness (QED) is 0.672. The highest BCUT2D eigenvalue weighted by Gasteiger charge is 2.17. The highest BCUT2D eigenvalue weighted by atomic mass is 32.2. The van der Waals surface area contributed by atoms with Crippen molar-refractivity contribution >= 4 is 10.0 Å². The molecule has 1 aromatic heterocycles. The molecule has 122 valence electrons. The Kier molecular flexibility index (Phi) is 7.39. The largest absolute Gasteiger partial charge is 0.333 e. The van der Waals surface area contributed by atoms with Crippen LogP contribution in [0.15, 0.2) is 11.2 Å². The van der Waals surface area contributed by atoms with Crippen molar-refractivity contribution in [3.05, 3.63) is 12.0 Å². The third-order valence-electron chi connectivity index (χ3n) is 3.60. The van der Waals surface area contributed by atoms with Crippen molar-refractivity contribution in [3.63, 3.8) is 0 Å². The van der Waals surface area contributed by atoms with Crippen molar-refractivity contribution in [1.29, 1.82) is 0 Å². The fourth-order valence-corrected chi connectivity index (χ4v) is 2.92. The molecule has 0 fully saturated rings. The molecule has 0 atom stereocenters. The molecule has 6 heteroatoms. The number of nitrogens with zero attached hydrogens (tertiary/aromatic N) is 2. The lowest BCUT2D eigenvalue weighted by Crippen LogP contribution is -2.12. The topological polar surface area (TPSA) is 78.0 Å². The zero-order valence-electron chi connectivity index (χ0n) is 13.5. The molecule has 0 saturated heterocycles. The lowest BCUT2D eigenvalue weighted by atomic mass is 10.1. The van der Waals surface area contributed by atoms with Gasteiger partial charge >= 0.3 is 0 Å². The van der Waals surface area contributed by atoms with Crippen LogP contribution in [0.1, 0.15) is 77.5 Å². The number of primary sulfonamides is 1. The Balaban J connectivity index is 2.52. The molecular formula is C15H29N3O2S. The van der Waals surface area contributed by atoms with Crippen molar-refractivity contribution in [1.82, 2.24) is 9.55 Å². The van der Waals surface area contributed by atoms with Crippen LogP contribution in [0.2, 0.25) is 0 Å². The maximum atomic E-state index is 11.4. The normalized spacial score (nSPS) is 12.2. The Morgan fingerprint density at radius 3 is 2.24 bits per heavy atom. The second kappa shape index (κ2) is 8.54. The van der Waals surface area contributed by atoms with Crippen LogP contribution in [0.3, 0.4) is 0 Å². The van der Waals surface area contributed by atoms with Crippen LogP contribution in [0.4, 0.5) is 0 Å². The summed E-state index contributed by atoms with van der Waals surface area (Å²) in [5.41, 5.74) is 0. The summed E-state index contributed by atoms with van der Waals surface area (Å²) in [7, 11) is -3.72. The van der Waals surface area contributed by atoms with Gasteiger partial charge in [-0.05, 0) is 6.42 Å². The Bertz CT molecular complexity index is 521. The number of aryl methyl sites for hydroxylation is 1. The van der Waals surface area contributed by atoms with E-state index < -0.39 is 10.0 Å². The fraction of sp³-hybridized carbons (Fsp3) is 0.800. The minimum absolute atomic E-state index is 0.0193. The molecule has 0 aliphatic carbocycles. The molecule has 1 rings (SSSR count). The van der Waals surface area contributed by atoms with E-state index in [4.69, 9.17) is 5.14 Å². The van der Waals surface area contributed by atoms with Gasteiger partial charge in [-0.2, -0.15) is 0 Å². The average Bonchev–Trinajstić information content (AvgIpc) is 2.82. The molecule has 0 unspecified atom stereocenters. The molecule has 0 aliphatic rings. The number of sulfonamides is 1. The lowest BCUT2D eigenvalue weighted by molar-refractivity contribution is 0.532. The van der Waals surface area contributed by atoms with E-state index in [1.165, 1.54) is 38.5 Å². The second-order valence-electron chi connectivity index (χ2n) is 5.95. The zero-order valence-corrected chi connectivity index (χ0v) is 14.3. The van der Waals surface area contributed by atoms with Crippen LogP contribution in [0.5, 0.6) is 0 Å². The second-order valence-corrected chi connectivity index (χ2v) is 7.46. The molecule has 2 N–H and O–H groups in total. The Morgan fingerprint density at radius 1 is 1.14 bits per heavy atom. The monoisotopic (exact) mass is 315 g/mol. The van der Waals surface area contributed by atoms with Gasteiger partial charge in [-0.1, -0.05) is 59.3 Å². The summed E-state index contributed by atoms with van der Waals surface area (Å²) >= 11 is 0. The zero-order chi connectivity index (χ0) is 15.9. The van der Waals surface area contributed by atoms with Crippen LogP contribution < -0.4 is 5.14 Å². The van der Waals surface area contributed by atoms with E-state index in [-0.39, 0.29) is 10.9 Å². The van der Waals surface area contributed by atoms with E-state index in [1.54, 1.807) is 6.20 Å². The molecule has 1 heterocycles. The highest BCUT2D eigenvalue weighted by Crippen LogP contribution is 2.18. The van der Waals surface area contributed by atoms with Gasteiger partial charge < -0.3 is 4.57 Å². The lowest BCUT2D eigenvalue weighted by Gasteiger charge is -2.09. The number of unbranched alkanes of at least 4 members (excludes halogenated alkanes) is 6. The third-order valence-corrected chi connectivity index (χ3v) is 4.38. The molecule has 0 spiro atoms. The number of hydrogen-bond acceptors (Lipinski definition) is 3. The van der Waals surface area contributed by atoms with Gasteiger partial charge in [0, 0.05) is 18.7 Å². The first kappa shape index (κ1) is 18.2. The Morgan fingerprint density at radius 2 is 1.71 bits per heavy atom. The molecular weight excluding hydrogens is 286 g/mol. The van der Waals surface area contributed by atoms with Crippen molar-refractivity contribution in [2.75, 3.05) is 0 Å². The molecule has 5 nitrogen and oxygen atoms in total. The smallest absolute Gasteiger partial charge is 0.257 e. The van der Waals surface area contributed by atoms with Crippen LogP contribution in [-0.4, -0.2) is 18.0 Å². The van der Waals surface area contributed by atoms with Crippen molar-refractivity contribution in [2.45, 2.75) is 83.2 Å². The standard InChI is InChI=1S/C15H29N3O2S/c1-4-5-6-7-8-9-10-11-18-12-14(21(16,19)20)17-15(18)13(2)3/h12-13H,4-11H2,1-3H3,(H2,16,19,20). The summed E-state index contributed by atoms with van der Waals surface area (Å²) < 4.78 is 24.7. The number of rotatable bonds is 10. The number of nitrogens with two attached hydrogens (primary N) is 1. The van der Waals surface area contributed by atoms with Crippen molar-refractivity contribution < 1.29 is 8.42 Å². The van der Waals surface area contributed by atoms with Crippen molar-refractivity contribution in [2.24, 2.45) is 5.14 Å². The first-order chi connectivity index (χ1) is 9.86. The molecule has 21 heavy (non-hydrogen) atoms. The molecule has 0 aliphatic heterocycles. The summed E-state index contributed by atoms with van der Waals surface area (Å²) in [4.78, 5) is 4.17. The Hall–Kier alpha value is -0.880. The van der Waals surface area contributed by atoms with Crippen LogP contribution in [0, 0.1) is 0 Å². The number of imidazole rings is 1. The van der Waals surface area contributed by atoms with Crippen LogP contribution >= 0.6 is 0 Å². The molecule has 0 amide bonds. The fourth-order valence-electron chi connectivity index (χ4n) is 2.42. The van der Waals surface area contributed by atoms with Crippen molar-refractivity contribution in [3.8, 4) is 0 Å². The van der Waals surface area contributed by atoms with Gasteiger partial charge in [-0.15, -0.1) is 0 Å². The number of aromatic nitrogens is 2. The van der Waals surface area contributed by atoms with Gasteiger partial charge in [0.05, 0.1) is 0 Å².